The highest BCUT2D eigenvalue weighted by Crippen LogP contribution is 2.48. The first-order chi connectivity index (χ1) is 9.20. The molecule has 19 heavy (non-hydrogen) atoms. The molecule has 1 saturated heterocycles. The Morgan fingerprint density at radius 2 is 2.42 bits per heavy atom. The lowest BCUT2D eigenvalue weighted by Crippen LogP contribution is -2.52. The van der Waals surface area contributed by atoms with E-state index in [0.717, 1.165) is 12.2 Å². The Morgan fingerprint density at radius 1 is 1.58 bits per heavy atom. The number of carbonyl (C=O) groups excluding carboxylic acids is 1. The fourth-order valence-corrected chi connectivity index (χ4v) is 2.73. The molecule has 4 unspecified atom stereocenters. The zero-order chi connectivity index (χ0) is 13.4. The molecule has 5 nitrogen and oxygen atoms in total. The molecular formula is C14H19NO4. The molecular weight excluding hydrogens is 246 g/mol. The van der Waals surface area contributed by atoms with Gasteiger partial charge < -0.3 is 19.2 Å². The van der Waals surface area contributed by atoms with E-state index >= 15 is 0 Å². The van der Waals surface area contributed by atoms with E-state index in [4.69, 9.17) is 14.3 Å². The van der Waals surface area contributed by atoms with Gasteiger partial charge in [-0.25, -0.2) is 0 Å². The van der Waals surface area contributed by atoms with Crippen molar-refractivity contribution in [2.24, 2.45) is 5.92 Å². The number of hydrogen-bond donors (Lipinski definition) is 1. The van der Waals surface area contributed by atoms with Crippen LogP contribution < -0.4 is 0 Å². The Labute approximate surface area is 112 Å². The van der Waals surface area contributed by atoms with Gasteiger partial charge >= 0.3 is 0 Å². The number of aliphatic hydroxyl groups is 1. The molecule has 0 radical (unpaired) electrons. The molecule has 1 aromatic heterocycles. The van der Waals surface area contributed by atoms with Crippen LogP contribution in [0.15, 0.2) is 22.8 Å². The first-order valence-electron chi connectivity index (χ1n) is 6.77. The lowest BCUT2D eigenvalue weighted by molar-refractivity contribution is -0.147. The maximum Gasteiger partial charge on any atom is 0.226 e. The number of rotatable bonds is 3. The van der Waals surface area contributed by atoms with Crippen LogP contribution in [-0.2, 0) is 9.53 Å². The molecule has 104 valence electrons. The third-order valence-corrected chi connectivity index (χ3v) is 4.01. The van der Waals surface area contributed by atoms with Crippen molar-refractivity contribution in [2.45, 2.75) is 31.4 Å². The fraction of sp³-hybridized carbons (Fsp3) is 0.643. The van der Waals surface area contributed by atoms with Crippen molar-refractivity contribution >= 4 is 5.91 Å². The van der Waals surface area contributed by atoms with Crippen LogP contribution in [0.2, 0.25) is 0 Å². The summed E-state index contributed by atoms with van der Waals surface area (Å²) in [5.41, 5.74) is 0. The summed E-state index contributed by atoms with van der Waals surface area (Å²) in [5.74, 6) is 1.32. The number of amides is 1. The van der Waals surface area contributed by atoms with Crippen LogP contribution in [0.3, 0.4) is 0 Å². The average Bonchev–Trinajstić information content (AvgIpc) is 3.04. The molecule has 0 aromatic carbocycles. The van der Waals surface area contributed by atoms with Gasteiger partial charge in [0.15, 0.2) is 0 Å². The third kappa shape index (κ3) is 2.40. The van der Waals surface area contributed by atoms with Crippen molar-refractivity contribution in [3.63, 3.8) is 0 Å². The van der Waals surface area contributed by atoms with E-state index in [1.807, 2.05) is 24.0 Å². The predicted molar refractivity (Wildman–Crippen MR) is 67.6 cm³/mol. The minimum Gasteiger partial charge on any atom is -0.469 e. The summed E-state index contributed by atoms with van der Waals surface area (Å²) in [6.07, 6.45) is 2.26. The largest absolute Gasteiger partial charge is 0.469 e. The Morgan fingerprint density at radius 3 is 3.11 bits per heavy atom. The highest BCUT2D eigenvalue weighted by molar-refractivity contribution is 5.83. The minimum atomic E-state index is -0.249. The van der Waals surface area contributed by atoms with Gasteiger partial charge in [-0.1, -0.05) is 0 Å². The van der Waals surface area contributed by atoms with E-state index in [0.29, 0.717) is 13.2 Å². The second-order valence-electron chi connectivity index (χ2n) is 5.44. The maximum atomic E-state index is 12.5. The van der Waals surface area contributed by atoms with Crippen LogP contribution in [0.1, 0.15) is 25.0 Å². The van der Waals surface area contributed by atoms with E-state index in [1.54, 1.807) is 6.26 Å². The van der Waals surface area contributed by atoms with Gasteiger partial charge in [0.1, 0.15) is 5.76 Å². The predicted octanol–water partition coefficient (Wildman–Crippen LogP) is 0.991. The molecule has 2 fully saturated rings. The van der Waals surface area contributed by atoms with Crippen molar-refractivity contribution in [1.29, 1.82) is 0 Å². The van der Waals surface area contributed by atoms with E-state index in [1.165, 1.54) is 0 Å². The minimum absolute atomic E-state index is 0.0334. The second-order valence-corrected chi connectivity index (χ2v) is 5.44. The number of morpholine rings is 1. The smallest absolute Gasteiger partial charge is 0.226 e. The lowest BCUT2D eigenvalue weighted by Gasteiger charge is -2.37. The van der Waals surface area contributed by atoms with Gasteiger partial charge in [0.25, 0.3) is 0 Å². The Kier molecular flexibility index (Phi) is 3.33. The molecule has 0 bridgehead atoms. The summed E-state index contributed by atoms with van der Waals surface area (Å²) in [5, 5.41) is 9.16. The topological polar surface area (TPSA) is 62.9 Å². The summed E-state index contributed by atoms with van der Waals surface area (Å²) >= 11 is 0. The number of furan rings is 1. The van der Waals surface area contributed by atoms with E-state index in [-0.39, 0.29) is 36.5 Å². The quantitative estimate of drug-likeness (QED) is 0.885. The number of aliphatic hydroxyl groups excluding tert-OH is 1. The SMILES string of the molecule is CC1COC(CO)CN1C(=O)C1CC1c1ccco1. The molecule has 5 heteroatoms. The van der Waals surface area contributed by atoms with Crippen LogP contribution in [0.5, 0.6) is 0 Å². The summed E-state index contributed by atoms with van der Waals surface area (Å²) in [6.45, 7) is 2.92. The summed E-state index contributed by atoms with van der Waals surface area (Å²) in [7, 11) is 0. The monoisotopic (exact) mass is 265 g/mol. The number of carbonyl (C=O) groups is 1. The molecule has 1 saturated carbocycles. The molecule has 4 atom stereocenters. The summed E-state index contributed by atoms with van der Waals surface area (Å²) < 4.78 is 10.8. The molecule has 2 heterocycles. The fourth-order valence-electron chi connectivity index (χ4n) is 2.73. The van der Waals surface area contributed by atoms with Gasteiger partial charge in [0, 0.05) is 18.4 Å². The van der Waals surface area contributed by atoms with Gasteiger partial charge in [-0.2, -0.15) is 0 Å². The van der Waals surface area contributed by atoms with Crippen molar-refractivity contribution < 1.29 is 19.1 Å². The van der Waals surface area contributed by atoms with Crippen LogP contribution in [0, 0.1) is 5.92 Å². The number of hydrogen-bond acceptors (Lipinski definition) is 4. The summed E-state index contributed by atoms with van der Waals surface area (Å²) in [4.78, 5) is 14.3. The first-order valence-corrected chi connectivity index (χ1v) is 6.77. The van der Waals surface area contributed by atoms with Crippen LogP contribution in [0.4, 0.5) is 0 Å². The zero-order valence-electron chi connectivity index (χ0n) is 11.0. The zero-order valence-corrected chi connectivity index (χ0v) is 11.0. The van der Waals surface area contributed by atoms with E-state index < -0.39 is 0 Å². The van der Waals surface area contributed by atoms with Crippen molar-refractivity contribution in [2.75, 3.05) is 19.8 Å². The second kappa shape index (κ2) is 4.98. The Hall–Kier alpha value is -1.33. The molecule has 1 amide bonds. The first kappa shape index (κ1) is 12.7. The van der Waals surface area contributed by atoms with Crippen LogP contribution in [0.25, 0.3) is 0 Å². The third-order valence-electron chi connectivity index (χ3n) is 4.01. The normalized spacial score (nSPS) is 34.3. The Balaban J connectivity index is 1.64. The maximum absolute atomic E-state index is 12.5. The van der Waals surface area contributed by atoms with Crippen molar-refractivity contribution in [3.05, 3.63) is 24.2 Å². The summed E-state index contributed by atoms with van der Waals surface area (Å²) in [6, 6.07) is 3.86. The van der Waals surface area contributed by atoms with Crippen LogP contribution >= 0.6 is 0 Å². The van der Waals surface area contributed by atoms with E-state index in [2.05, 4.69) is 0 Å². The highest BCUT2D eigenvalue weighted by Gasteiger charge is 2.48. The Bertz CT molecular complexity index is 444. The van der Waals surface area contributed by atoms with Gasteiger partial charge in [0.05, 0.1) is 31.6 Å². The molecule has 1 aliphatic carbocycles. The van der Waals surface area contributed by atoms with Crippen molar-refractivity contribution in [3.8, 4) is 0 Å². The highest BCUT2D eigenvalue weighted by atomic mass is 16.5. The molecule has 1 aromatic rings. The van der Waals surface area contributed by atoms with Gasteiger partial charge in [-0.05, 0) is 25.5 Å². The van der Waals surface area contributed by atoms with Gasteiger partial charge in [0.2, 0.25) is 5.91 Å². The number of ether oxygens (including phenoxy) is 1. The molecule has 3 rings (SSSR count). The molecule has 1 N–H and O–H groups in total. The standard InChI is InChI=1S/C14H19NO4/c1-9-8-19-10(7-16)6-15(9)14(17)12-5-11(12)13-3-2-4-18-13/h2-4,9-12,16H,5-8H2,1H3. The van der Waals surface area contributed by atoms with Crippen molar-refractivity contribution in [1.82, 2.24) is 4.90 Å². The number of nitrogens with zero attached hydrogens (tertiary/aromatic N) is 1. The van der Waals surface area contributed by atoms with Crippen LogP contribution in [-0.4, -0.2) is 47.8 Å². The van der Waals surface area contributed by atoms with E-state index in [9.17, 15) is 4.79 Å². The van der Waals surface area contributed by atoms with Gasteiger partial charge in [-0.15, -0.1) is 0 Å². The molecule has 1 aliphatic heterocycles. The molecule has 0 spiro atoms. The molecule has 2 aliphatic rings. The van der Waals surface area contributed by atoms with Gasteiger partial charge in [-0.3, -0.25) is 4.79 Å². The lowest BCUT2D eigenvalue weighted by atomic mass is 10.1. The average molecular weight is 265 g/mol.